The van der Waals surface area contributed by atoms with E-state index >= 15 is 0 Å². The van der Waals surface area contributed by atoms with Crippen LogP contribution in [0.5, 0.6) is 11.5 Å². The van der Waals surface area contributed by atoms with E-state index in [1.807, 2.05) is 0 Å². The average Bonchev–Trinajstić information content (AvgIpc) is 2.67. The van der Waals surface area contributed by atoms with Gasteiger partial charge < -0.3 is 20.3 Å². The van der Waals surface area contributed by atoms with Gasteiger partial charge in [0.25, 0.3) is 0 Å². The molecule has 0 unspecified atom stereocenters. The van der Waals surface area contributed by atoms with Gasteiger partial charge in [-0.2, -0.15) is 0 Å². The third kappa shape index (κ3) is 2.90. The molecule has 0 saturated carbocycles. The van der Waals surface area contributed by atoms with Gasteiger partial charge in [0.15, 0.2) is 23.1 Å². The average molecular weight is 383 g/mol. The second kappa shape index (κ2) is 6.34. The van der Waals surface area contributed by atoms with Gasteiger partial charge in [-0.3, -0.25) is 0 Å². The molecule has 1 heterocycles. The van der Waals surface area contributed by atoms with Crippen molar-refractivity contribution in [2.45, 2.75) is 0 Å². The zero-order chi connectivity index (χ0) is 20.0. The molecule has 140 valence electrons. The third-order valence-corrected chi connectivity index (χ3v) is 4.29. The monoisotopic (exact) mass is 383 g/mol. The second-order valence-corrected chi connectivity index (χ2v) is 6.07. The first-order valence-corrected chi connectivity index (χ1v) is 8.02. The van der Waals surface area contributed by atoms with Crippen LogP contribution >= 0.6 is 0 Å². The molecule has 3 aromatic rings. The Kier molecular flexibility index (Phi) is 3.96. The Morgan fingerprint density at radius 1 is 0.821 bits per heavy atom. The van der Waals surface area contributed by atoms with Gasteiger partial charge >= 0.3 is 11.9 Å². The Morgan fingerprint density at radius 2 is 1.54 bits per heavy atom. The number of rotatable bonds is 3. The van der Waals surface area contributed by atoms with Crippen LogP contribution in [0.4, 0.5) is 20.2 Å². The molecule has 0 aliphatic carbocycles. The molecule has 1 aliphatic rings. The van der Waals surface area contributed by atoms with Crippen molar-refractivity contribution in [3.8, 4) is 22.6 Å². The summed E-state index contributed by atoms with van der Waals surface area (Å²) in [4.78, 5) is 22.8. The maximum atomic E-state index is 13.5. The summed E-state index contributed by atoms with van der Waals surface area (Å²) >= 11 is 0. The highest BCUT2D eigenvalue weighted by Crippen LogP contribution is 2.45. The first-order chi connectivity index (χ1) is 13.3. The van der Waals surface area contributed by atoms with Crippen LogP contribution in [-0.2, 0) is 0 Å². The number of benzene rings is 3. The number of anilines is 2. The minimum absolute atomic E-state index is 0.0605. The minimum Gasteiger partial charge on any atom is -0.478 e. The Balaban J connectivity index is 1.79. The molecule has 8 heteroatoms. The summed E-state index contributed by atoms with van der Waals surface area (Å²) in [7, 11) is 0. The Bertz CT molecular complexity index is 1160. The van der Waals surface area contributed by atoms with Crippen LogP contribution in [0.2, 0.25) is 0 Å². The summed E-state index contributed by atoms with van der Waals surface area (Å²) in [6.07, 6.45) is 0. The van der Waals surface area contributed by atoms with Crippen LogP contribution in [0.15, 0.2) is 48.5 Å². The summed E-state index contributed by atoms with van der Waals surface area (Å²) in [5, 5.41) is 21.5. The number of carboxylic acids is 2. The number of ether oxygens (including phenoxy) is 1. The number of aromatic carboxylic acids is 2. The smallest absolute Gasteiger partial charge is 0.337 e. The fraction of sp³-hybridized carbons (Fsp3) is 0. The standard InChI is InChI=1S/C20H11F2NO5/c21-13-3-1-9(6-14(13)22)10-2-4-16-15(7-10)23-18-12(20(26)27)5-11(19(24)25)8-17(18)28-16/h1-8,23H,(H,24,25)(H,26,27). The topological polar surface area (TPSA) is 95.9 Å². The minimum atomic E-state index is -1.32. The van der Waals surface area contributed by atoms with E-state index in [9.17, 15) is 23.5 Å². The second-order valence-electron chi connectivity index (χ2n) is 6.07. The van der Waals surface area contributed by atoms with Gasteiger partial charge in [-0.1, -0.05) is 12.1 Å². The lowest BCUT2D eigenvalue weighted by molar-refractivity contribution is 0.0696. The van der Waals surface area contributed by atoms with Crippen molar-refractivity contribution in [2.75, 3.05) is 5.32 Å². The van der Waals surface area contributed by atoms with Crippen molar-refractivity contribution in [2.24, 2.45) is 0 Å². The summed E-state index contributed by atoms with van der Waals surface area (Å²) in [5.41, 5.74) is 0.997. The maximum absolute atomic E-state index is 13.5. The normalized spacial score (nSPS) is 11.6. The van der Waals surface area contributed by atoms with E-state index in [0.29, 0.717) is 22.6 Å². The molecule has 0 radical (unpaired) electrons. The van der Waals surface area contributed by atoms with Gasteiger partial charge in [-0.05, 0) is 47.5 Å². The lowest BCUT2D eigenvalue weighted by Crippen LogP contribution is -2.11. The fourth-order valence-electron chi connectivity index (χ4n) is 2.94. The first-order valence-electron chi connectivity index (χ1n) is 8.02. The van der Waals surface area contributed by atoms with E-state index in [2.05, 4.69) is 5.32 Å². The van der Waals surface area contributed by atoms with E-state index in [1.54, 1.807) is 18.2 Å². The molecule has 0 fully saturated rings. The van der Waals surface area contributed by atoms with Crippen molar-refractivity contribution in [3.05, 3.63) is 71.3 Å². The molecule has 3 N–H and O–H groups in total. The van der Waals surface area contributed by atoms with Crippen molar-refractivity contribution >= 4 is 23.3 Å². The predicted octanol–water partition coefficient (Wildman–Crippen LogP) is 4.88. The van der Waals surface area contributed by atoms with E-state index in [4.69, 9.17) is 9.84 Å². The summed E-state index contributed by atoms with van der Waals surface area (Å²) in [6.45, 7) is 0. The van der Waals surface area contributed by atoms with Crippen molar-refractivity contribution in [1.82, 2.24) is 0 Å². The molecule has 4 rings (SSSR count). The quantitative estimate of drug-likeness (QED) is 0.467. The largest absolute Gasteiger partial charge is 0.478 e. The van der Waals surface area contributed by atoms with Crippen LogP contribution in [0.25, 0.3) is 11.1 Å². The highest BCUT2D eigenvalue weighted by molar-refractivity contribution is 6.02. The van der Waals surface area contributed by atoms with Gasteiger partial charge in [0.2, 0.25) is 0 Å². The highest BCUT2D eigenvalue weighted by Gasteiger charge is 2.25. The highest BCUT2D eigenvalue weighted by atomic mass is 19.2. The molecule has 1 aliphatic heterocycles. The summed E-state index contributed by atoms with van der Waals surface area (Å²) in [5.74, 6) is -4.16. The predicted molar refractivity (Wildman–Crippen MR) is 95.5 cm³/mol. The van der Waals surface area contributed by atoms with Crippen LogP contribution in [0.1, 0.15) is 20.7 Å². The van der Waals surface area contributed by atoms with Gasteiger partial charge in [0.05, 0.1) is 22.5 Å². The van der Waals surface area contributed by atoms with Crippen LogP contribution in [0.3, 0.4) is 0 Å². The number of hydrogen-bond donors (Lipinski definition) is 3. The lowest BCUT2D eigenvalue weighted by atomic mass is 10.0. The van der Waals surface area contributed by atoms with Crippen LogP contribution in [-0.4, -0.2) is 22.2 Å². The molecule has 0 aromatic heterocycles. The van der Waals surface area contributed by atoms with Gasteiger partial charge in [-0.15, -0.1) is 0 Å². The van der Waals surface area contributed by atoms with E-state index in [-0.39, 0.29) is 22.6 Å². The van der Waals surface area contributed by atoms with E-state index < -0.39 is 23.6 Å². The van der Waals surface area contributed by atoms with Crippen molar-refractivity contribution in [1.29, 1.82) is 0 Å². The first kappa shape index (κ1) is 17.5. The Hall–Kier alpha value is -3.94. The third-order valence-electron chi connectivity index (χ3n) is 4.29. The number of halogens is 2. The Morgan fingerprint density at radius 3 is 2.21 bits per heavy atom. The molecule has 3 aromatic carbocycles. The van der Waals surface area contributed by atoms with E-state index in [0.717, 1.165) is 18.2 Å². The number of fused-ring (bicyclic) bond motifs is 2. The molecule has 0 saturated heterocycles. The molecular formula is C20H11F2NO5. The number of nitrogens with one attached hydrogen (secondary N) is 1. The van der Waals surface area contributed by atoms with E-state index in [1.165, 1.54) is 12.1 Å². The lowest BCUT2D eigenvalue weighted by Gasteiger charge is -2.24. The molecule has 28 heavy (non-hydrogen) atoms. The molecule has 0 amide bonds. The van der Waals surface area contributed by atoms with Crippen molar-refractivity contribution in [3.63, 3.8) is 0 Å². The van der Waals surface area contributed by atoms with Gasteiger partial charge in [0, 0.05) is 0 Å². The number of carboxylic acid groups (broad SMARTS) is 2. The van der Waals surface area contributed by atoms with Gasteiger partial charge in [0.1, 0.15) is 0 Å². The summed E-state index contributed by atoms with van der Waals surface area (Å²) in [6, 6.07) is 10.5. The molecule has 0 bridgehead atoms. The summed E-state index contributed by atoms with van der Waals surface area (Å²) < 4.78 is 32.3. The molecule has 0 atom stereocenters. The van der Waals surface area contributed by atoms with Gasteiger partial charge in [-0.25, -0.2) is 18.4 Å². The molecule has 6 nitrogen and oxygen atoms in total. The number of hydrogen-bond acceptors (Lipinski definition) is 4. The van der Waals surface area contributed by atoms with Crippen LogP contribution in [0, 0.1) is 11.6 Å². The zero-order valence-corrected chi connectivity index (χ0v) is 14.0. The molecular weight excluding hydrogens is 372 g/mol. The SMILES string of the molecule is O=C(O)c1cc2c(c(C(=O)O)c1)Nc1cc(-c3ccc(F)c(F)c3)ccc1O2. The molecule has 0 spiro atoms. The van der Waals surface area contributed by atoms with Crippen molar-refractivity contribution < 1.29 is 33.3 Å². The maximum Gasteiger partial charge on any atom is 0.337 e. The number of carbonyl (C=O) groups is 2. The fourth-order valence-corrected chi connectivity index (χ4v) is 2.94. The Labute approximate surface area is 156 Å². The van der Waals surface area contributed by atoms with Crippen LogP contribution < -0.4 is 10.1 Å². The zero-order valence-electron chi connectivity index (χ0n) is 14.0.